The van der Waals surface area contributed by atoms with Crippen LogP contribution in [0.5, 0.6) is 0 Å². The van der Waals surface area contributed by atoms with E-state index in [-0.39, 0.29) is 0 Å². The molecule has 0 bridgehead atoms. The van der Waals surface area contributed by atoms with Crippen LogP contribution >= 0.6 is 7.80 Å². The van der Waals surface area contributed by atoms with Crippen molar-refractivity contribution in [3.05, 3.63) is 30.3 Å². The molecule has 2 nitrogen and oxygen atoms in total. The lowest BCUT2D eigenvalue weighted by Gasteiger charge is -2.08. The van der Waals surface area contributed by atoms with E-state index < -0.39 is 7.80 Å². The van der Waals surface area contributed by atoms with Crippen LogP contribution in [0.4, 0.5) is 0 Å². The third kappa shape index (κ3) is 4.08. The van der Waals surface area contributed by atoms with Crippen LogP contribution in [0.25, 0.3) is 0 Å². The maximum absolute atomic E-state index is 11.8. The van der Waals surface area contributed by atoms with Crippen molar-refractivity contribution in [2.75, 3.05) is 26.8 Å². The lowest BCUT2D eigenvalue weighted by atomic mass is 10.4. The Hall–Kier alpha value is -0.590. The van der Waals surface area contributed by atoms with E-state index in [1.54, 1.807) is 0 Å². The Balaban J connectivity index is 2.36. The molecule has 3 heteroatoms. The first-order chi connectivity index (χ1) is 6.70. The van der Waals surface area contributed by atoms with E-state index in [1.807, 2.05) is 44.4 Å². The number of hydrogen-bond donors (Lipinski definition) is 0. The van der Waals surface area contributed by atoms with Gasteiger partial charge < -0.3 is 9.46 Å². The van der Waals surface area contributed by atoms with Gasteiger partial charge in [-0.1, -0.05) is 30.3 Å². The molecule has 1 aromatic carbocycles. The highest BCUT2D eigenvalue weighted by Crippen LogP contribution is 2.20. The van der Waals surface area contributed by atoms with E-state index in [0.29, 0.717) is 0 Å². The first kappa shape index (κ1) is 11.5. The van der Waals surface area contributed by atoms with Gasteiger partial charge in [0.1, 0.15) is 7.80 Å². The molecule has 0 aliphatic carbocycles. The summed E-state index contributed by atoms with van der Waals surface area (Å²) < 4.78 is 11.8. The molecule has 14 heavy (non-hydrogen) atoms. The number of benzene rings is 1. The van der Waals surface area contributed by atoms with E-state index in [1.165, 1.54) is 0 Å². The third-order valence-corrected chi connectivity index (χ3v) is 3.89. The van der Waals surface area contributed by atoms with Gasteiger partial charge in [-0.2, -0.15) is 0 Å². The Kier molecular flexibility index (Phi) is 4.92. The van der Waals surface area contributed by atoms with E-state index in [9.17, 15) is 4.57 Å². The van der Waals surface area contributed by atoms with E-state index in [0.717, 1.165) is 24.4 Å². The first-order valence-electron chi connectivity index (χ1n) is 4.93. The average Bonchev–Trinajstić information content (AvgIpc) is 2.18. The fourth-order valence-corrected chi connectivity index (χ4v) is 2.66. The zero-order valence-electron chi connectivity index (χ0n) is 8.86. The molecule has 0 aliphatic heterocycles. The van der Waals surface area contributed by atoms with Crippen LogP contribution in [0.15, 0.2) is 30.3 Å². The Morgan fingerprint density at radius 1 is 1.21 bits per heavy atom. The maximum atomic E-state index is 11.8. The van der Waals surface area contributed by atoms with Crippen molar-refractivity contribution in [2.45, 2.75) is 6.42 Å². The first-order valence-corrected chi connectivity index (χ1v) is 6.54. The highest BCUT2D eigenvalue weighted by molar-refractivity contribution is 7.53. The van der Waals surface area contributed by atoms with Crippen molar-refractivity contribution in [3.63, 3.8) is 0 Å². The van der Waals surface area contributed by atoms with Crippen LogP contribution in [-0.2, 0) is 4.57 Å². The van der Waals surface area contributed by atoms with Crippen molar-refractivity contribution >= 4 is 13.1 Å². The quantitative estimate of drug-likeness (QED) is 0.692. The second kappa shape index (κ2) is 6.00. The molecule has 1 atom stereocenters. The highest BCUT2D eigenvalue weighted by Gasteiger charge is 2.02. The number of hydrogen-bond acceptors (Lipinski definition) is 2. The van der Waals surface area contributed by atoms with Gasteiger partial charge in [-0.3, -0.25) is 0 Å². The molecule has 0 aromatic heterocycles. The number of nitrogens with zero attached hydrogens (tertiary/aromatic N) is 1. The van der Waals surface area contributed by atoms with Crippen LogP contribution in [0.3, 0.4) is 0 Å². The van der Waals surface area contributed by atoms with E-state index >= 15 is 0 Å². The summed E-state index contributed by atoms with van der Waals surface area (Å²) in [5.41, 5.74) is 0. The molecule has 0 spiro atoms. The minimum atomic E-state index is -1.54. The minimum Gasteiger partial charge on any atom is -0.322 e. The molecule has 1 unspecified atom stereocenters. The molecule has 1 rings (SSSR count). The van der Waals surface area contributed by atoms with Gasteiger partial charge in [-0.15, -0.1) is 0 Å². The molecule has 0 radical (unpaired) electrons. The molecular formula is C11H18NOP. The van der Waals surface area contributed by atoms with Crippen LogP contribution in [0.2, 0.25) is 0 Å². The molecule has 78 valence electrons. The Morgan fingerprint density at radius 2 is 1.86 bits per heavy atom. The monoisotopic (exact) mass is 211 g/mol. The smallest absolute Gasteiger partial charge is 0.104 e. The summed E-state index contributed by atoms with van der Waals surface area (Å²) in [6.07, 6.45) is 1.84. The van der Waals surface area contributed by atoms with Gasteiger partial charge >= 0.3 is 0 Å². The second-order valence-electron chi connectivity index (χ2n) is 3.70. The SMILES string of the molecule is CN(C)CCC[PH](=O)c1ccccc1. The van der Waals surface area contributed by atoms with Crippen molar-refractivity contribution in [3.8, 4) is 0 Å². The van der Waals surface area contributed by atoms with Crippen molar-refractivity contribution in [1.29, 1.82) is 0 Å². The summed E-state index contributed by atoms with van der Waals surface area (Å²) in [5.74, 6) is 0. The molecule has 0 fully saturated rings. The van der Waals surface area contributed by atoms with Gasteiger partial charge in [0.25, 0.3) is 0 Å². The van der Waals surface area contributed by atoms with Crippen LogP contribution in [0, 0.1) is 0 Å². The lowest BCUT2D eigenvalue weighted by Crippen LogP contribution is -2.14. The van der Waals surface area contributed by atoms with Crippen molar-refractivity contribution in [2.24, 2.45) is 0 Å². The fraction of sp³-hybridized carbons (Fsp3) is 0.455. The largest absolute Gasteiger partial charge is 0.322 e. The molecule has 0 amide bonds. The zero-order chi connectivity index (χ0) is 10.4. The molecule has 0 saturated carbocycles. The maximum Gasteiger partial charge on any atom is 0.104 e. The Bertz CT molecular complexity index is 285. The highest BCUT2D eigenvalue weighted by atomic mass is 31.1. The van der Waals surface area contributed by atoms with Gasteiger partial charge in [-0.25, -0.2) is 0 Å². The topological polar surface area (TPSA) is 20.3 Å². The van der Waals surface area contributed by atoms with E-state index in [2.05, 4.69) is 4.90 Å². The third-order valence-electron chi connectivity index (χ3n) is 2.10. The van der Waals surface area contributed by atoms with Gasteiger partial charge in [0.15, 0.2) is 0 Å². The summed E-state index contributed by atoms with van der Waals surface area (Å²) in [6, 6.07) is 9.76. The summed E-state index contributed by atoms with van der Waals surface area (Å²) >= 11 is 0. The number of rotatable bonds is 5. The summed E-state index contributed by atoms with van der Waals surface area (Å²) in [4.78, 5) is 2.13. The average molecular weight is 211 g/mol. The normalized spacial score (nSPS) is 13.1. The van der Waals surface area contributed by atoms with Gasteiger partial charge in [0.05, 0.1) is 0 Å². The molecule has 0 heterocycles. The summed E-state index contributed by atoms with van der Waals surface area (Å²) in [6.45, 7) is 1.02. The van der Waals surface area contributed by atoms with Gasteiger partial charge in [0.2, 0.25) is 0 Å². The van der Waals surface area contributed by atoms with Crippen LogP contribution in [0.1, 0.15) is 6.42 Å². The zero-order valence-corrected chi connectivity index (χ0v) is 9.86. The predicted octanol–water partition coefficient (Wildman–Crippen LogP) is 1.82. The molecular weight excluding hydrogens is 193 g/mol. The van der Waals surface area contributed by atoms with Crippen LogP contribution < -0.4 is 5.30 Å². The standard InChI is InChI=1S/C11H18NOP/c1-12(2)9-6-10-14(13)11-7-4-3-5-8-11/h3-5,7-8,14H,6,9-10H2,1-2H3. The molecule has 0 aliphatic rings. The van der Waals surface area contributed by atoms with Crippen molar-refractivity contribution < 1.29 is 4.57 Å². The van der Waals surface area contributed by atoms with Crippen LogP contribution in [-0.4, -0.2) is 31.7 Å². The van der Waals surface area contributed by atoms with E-state index in [4.69, 9.17) is 0 Å². The summed E-state index contributed by atoms with van der Waals surface area (Å²) in [7, 11) is 2.54. The fourth-order valence-electron chi connectivity index (χ4n) is 1.32. The lowest BCUT2D eigenvalue weighted by molar-refractivity contribution is 0.409. The molecule has 1 aromatic rings. The molecule has 0 saturated heterocycles. The second-order valence-corrected chi connectivity index (χ2v) is 5.62. The molecule has 0 N–H and O–H groups in total. The summed E-state index contributed by atoms with van der Waals surface area (Å²) in [5, 5.41) is 1.01. The van der Waals surface area contributed by atoms with Gasteiger partial charge in [0, 0.05) is 11.5 Å². The minimum absolute atomic E-state index is 0.826. The van der Waals surface area contributed by atoms with Crippen molar-refractivity contribution in [1.82, 2.24) is 4.90 Å². The predicted molar refractivity (Wildman–Crippen MR) is 63.1 cm³/mol. The Labute approximate surface area is 86.7 Å². The van der Waals surface area contributed by atoms with Gasteiger partial charge in [-0.05, 0) is 27.1 Å². The Morgan fingerprint density at radius 3 is 2.43 bits per heavy atom.